The number of aryl methyl sites for hydroxylation is 1. The summed E-state index contributed by atoms with van der Waals surface area (Å²) in [6.07, 6.45) is 2.26. The quantitative estimate of drug-likeness (QED) is 0.605. The fraction of sp³-hybridized carbons (Fsp3) is 0.273. The monoisotopic (exact) mass is 459 g/mol. The van der Waals surface area contributed by atoms with E-state index in [1.165, 1.54) is 35.0 Å². The van der Waals surface area contributed by atoms with Crippen molar-refractivity contribution >= 4 is 11.5 Å². The average Bonchev–Trinajstić information content (AvgIpc) is 2.77. The molecule has 0 fully saturated rings. The predicted octanol–water partition coefficient (Wildman–Crippen LogP) is 2.40. The van der Waals surface area contributed by atoms with Gasteiger partial charge in [0.1, 0.15) is 11.6 Å². The second-order valence-electron chi connectivity index (χ2n) is 7.41. The summed E-state index contributed by atoms with van der Waals surface area (Å²) in [6, 6.07) is 8.67. The van der Waals surface area contributed by atoms with Crippen LogP contribution in [0.4, 0.5) is 19.1 Å². The molecule has 1 N–H and O–H groups in total. The molecule has 0 saturated heterocycles. The number of nitrogens with zero attached hydrogens (tertiary/aromatic N) is 5. The lowest BCUT2D eigenvalue weighted by Crippen LogP contribution is -2.40. The number of hydrogen-bond acceptors (Lipinski definition) is 7. The summed E-state index contributed by atoms with van der Waals surface area (Å²) in [7, 11) is 0. The molecule has 0 radical (unpaired) electrons. The fourth-order valence-corrected chi connectivity index (χ4v) is 3.53. The molecule has 1 aromatic carbocycles. The summed E-state index contributed by atoms with van der Waals surface area (Å²) in [4.78, 5) is 26.6. The summed E-state index contributed by atoms with van der Waals surface area (Å²) in [5.41, 5.74) is 1.42. The lowest BCUT2D eigenvalue weighted by Gasteiger charge is -2.30. The Kier molecular flexibility index (Phi) is 6.40. The topological polar surface area (TPSA) is 93.4 Å². The van der Waals surface area contributed by atoms with Gasteiger partial charge in [-0.2, -0.15) is 18.7 Å². The molecule has 8 nitrogen and oxygen atoms in total. The van der Waals surface area contributed by atoms with Gasteiger partial charge in [0, 0.05) is 18.8 Å². The third-order valence-electron chi connectivity index (χ3n) is 5.17. The smallest absolute Gasteiger partial charge is 0.388 e. The molecule has 0 amide bonds. The Bertz CT molecular complexity index is 1210. The van der Waals surface area contributed by atoms with Gasteiger partial charge in [0.2, 0.25) is 11.8 Å². The number of hydrogen-bond donors (Lipinski definition) is 1. The zero-order valence-corrected chi connectivity index (χ0v) is 17.5. The van der Waals surface area contributed by atoms with Crippen LogP contribution in [0.25, 0.3) is 5.57 Å². The van der Waals surface area contributed by atoms with Crippen LogP contribution in [0.2, 0.25) is 0 Å². The molecule has 172 valence electrons. The van der Waals surface area contributed by atoms with E-state index in [1.807, 2.05) is 0 Å². The first-order valence-electron chi connectivity index (χ1n) is 10.0. The Hall–Kier alpha value is -3.73. The highest BCUT2D eigenvalue weighted by atomic mass is 19.3. The zero-order valence-electron chi connectivity index (χ0n) is 17.5. The summed E-state index contributed by atoms with van der Waals surface area (Å²) in [6.45, 7) is -0.688. The number of β-amino-alcohol motifs (C(OH)–C–C–N with tert-alkyl or cyclic N) is 1. The summed E-state index contributed by atoms with van der Waals surface area (Å²) < 4.78 is 43.2. The highest BCUT2D eigenvalue weighted by molar-refractivity contribution is 5.71. The second kappa shape index (κ2) is 9.41. The molecular weight excluding hydrogens is 439 g/mol. The van der Waals surface area contributed by atoms with Gasteiger partial charge in [-0.05, 0) is 35.8 Å². The van der Waals surface area contributed by atoms with Gasteiger partial charge in [-0.3, -0.25) is 4.57 Å². The van der Waals surface area contributed by atoms with Crippen LogP contribution in [0.1, 0.15) is 17.0 Å². The number of aromatic nitrogens is 4. The molecule has 11 heteroatoms. The van der Waals surface area contributed by atoms with Crippen LogP contribution in [0, 0.1) is 12.7 Å². The van der Waals surface area contributed by atoms with Crippen LogP contribution in [0.5, 0.6) is 5.88 Å². The lowest BCUT2D eigenvalue weighted by atomic mass is 9.97. The van der Waals surface area contributed by atoms with Crippen molar-refractivity contribution in [2.75, 3.05) is 18.0 Å². The summed E-state index contributed by atoms with van der Waals surface area (Å²) in [5.74, 6) is -0.00761. The number of anilines is 1. The number of alkyl halides is 2. The molecule has 1 aliphatic heterocycles. The number of halogens is 3. The van der Waals surface area contributed by atoms with Crippen molar-refractivity contribution in [3.63, 3.8) is 0 Å². The maximum absolute atomic E-state index is 13.2. The Labute approximate surface area is 186 Å². The van der Waals surface area contributed by atoms with Crippen LogP contribution in [-0.4, -0.2) is 50.4 Å². The van der Waals surface area contributed by atoms with Crippen LogP contribution in [0.15, 0.2) is 53.5 Å². The maximum Gasteiger partial charge on any atom is 0.388 e. The maximum atomic E-state index is 13.2. The molecule has 1 atom stereocenters. The highest BCUT2D eigenvalue weighted by Crippen LogP contribution is 2.24. The molecule has 3 aromatic rings. The molecule has 0 bridgehead atoms. The van der Waals surface area contributed by atoms with Gasteiger partial charge in [-0.15, -0.1) is 0 Å². The SMILES string of the molecule is Cc1nc(N2CC=C(c3ccc(F)cc3)C(O)C2)nc(=O)n1Cc1ccc(OC(F)F)nc1. The van der Waals surface area contributed by atoms with Crippen LogP contribution >= 0.6 is 0 Å². The number of benzene rings is 1. The van der Waals surface area contributed by atoms with Crippen molar-refractivity contribution in [3.05, 3.63) is 81.9 Å². The molecule has 1 unspecified atom stereocenters. The highest BCUT2D eigenvalue weighted by Gasteiger charge is 2.24. The number of aliphatic hydroxyl groups excluding tert-OH is 1. The van der Waals surface area contributed by atoms with Crippen molar-refractivity contribution in [1.82, 2.24) is 19.5 Å². The van der Waals surface area contributed by atoms with Crippen molar-refractivity contribution < 1.29 is 23.0 Å². The average molecular weight is 459 g/mol. The Morgan fingerprint density at radius 1 is 1.18 bits per heavy atom. The molecular formula is C22H20F3N5O3. The van der Waals surface area contributed by atoms with Gasteiger partial charge >= 0.3 is 12.3 Å². The standard InChI is InChI=1S/C22H20F3N5O3/c1-13-27-21(29-9-8-17(18(31)12-29)15-3-5-16(23)6-4-15)28-22(32)30(13)11-14-2-7-19(26-10-14)33-20(24)25/h2-8,10,18,20,31H,9,11-12H2,1H3. The first-order valence-corrected chi connectivity index (χ1v) is 10.0. The van der Waals surface area contributed by atoms with E-state index in [2.05, 4.69) is 19.7 Å². The first kappa shape index (κ1) is 22.5. The van der Waals surface area contributed by atoms with E-state index in [0.29, 0.717) is 23.5 Å². The molecule has 0 aliphatic carbocycles. The van der Waals surface area contributed by atoms with Gasteiger partial charge in [0.25, 0.3) is 0 Å². The van der Waals surface area contributed by atoms with Crippen molar-refractivity contribution in [3.8, 4) is 5.88 Å². The minimum atomic E-state index is -2.97. The van der Waals surface area contributed by atoms with E-state index in [1.54, 1.807) is 30.0 Å². The van der Waals surface area contributed by atoms with Crippen LogP contribution < -0.4 is 15.3 Å². The van der Waals surface area contributed by atoms with Gasteiger partial charge in [-0.25, -0.2) is 14.2 Å². The van der Waals surface area contributed by atoms with E-state index < -0.39 is 18.4 Å². The van der Waals surface area contributed by atoms with Crippen molar-refractivity contribution in [1.29, 1.82) is 0 Å². The number of aliphatic hydroxyl groups is 1. The largest absolute Gasteiger partial charge is 0.417 e. The van der Waals surface area contributed by atoms with Crippen LogP contribution in [-0.2, 0) is 6.54 Å². The number of ether oxygens (including phenoxy) is 1. The molecule has 2 aromatic heterocycles. The van der Waals surface area contributed by atoms with E-state index in [9.17, 15) is 23.1 Å². The Morgan fingerprint density at radius 2 is 1.94 bits per heavy atom. The second-order valence-corrected chi connectivity index (χ2v) is 7.41. The zero-order chi connectivity index (χ0) is 23.5. The van der Waals surface area contributed by atoms with Gasteiger partial charge < -0.3 is 14.7 Å². The third-order valence-corrected chi connectivity index (χ3v) is 5.17. The van der Waals surface area contributed by atoms with Crippen molar-refractivity contribution in [2.24, 2.45) is 0 Å². The van der Waals surface area contributed by atoms with Gasteiger partial charge in [0.05, 0.1) is 19.2 Å². The molecule has 3 heterocycles. The first-order chi connectivity index (χ1) is 15.8. The van der Waals surface area contributed by atoms with E-state index in [4.69, 9.17) is 0 Å². The lowest BCUT2D eigenvalue weighted by molar-refractivity contribution is -0.0528. The van der Waals surface area contributed by atoms with Gasteiger partial charge in [0.15, 0.2) is 0 Å². The molecule has 33 heavy (non-hydrogen) atoms. The number of pyridine rings is 1. The van der Waals surface area contributed by atoms with E-state index in [0.717, 1.165) is 5.56 Å². The van der Waals surface area contributed by atoms with E-state index >= 15 is 0 Å². The molecule has 0 spiro atoms. The Morgan fingerprint density at radius 3 is 2.55 bits per heavy atom. The minimum absolute atomic E-state index is 0.101. The minimum Gasteiger partial charge on any atom is -0.417 e. The summed E-state index contributed by atoms with van der Waals surface area (Å²) >= 11 is 0. The van der Waals surface area contributed by atoms with Gasteiger partial charge in [-0.1, -0.05) is 24.3 Å². The fourth-order valence-electron chi connectivity index (χ4n) is 3.53. The molecule has 4 rings (SSSR count). The predicted molar refractivity (Wildman–Crippen MR) is 114 cm³/mol. The normalized spacial score (nSPS) is 16.1. The summed E-state index contributed by atoms with van der Waals surface area (Å²) in [5, 5.41) is 10.6. The third kappa shape index (κ3) is 5.20. The van der Waals surface area contributed by atoms with Crippen molar-refractivity contribution in [2.45, 2.75) is 26.2 Å². The Balaban J connectivity index is 1.50. The van der Waals surface area contributed by atoms with Crippen LogP contribution in [0.3, 0.4) is 0 Å². The number of rotatable bonds is 6. The molecule has 1 aliphatic rings. The van der Waals surface area contributed by atoms with E-state index in [-0.39, 0.29) is 30.7 Å². The molecule has 0 saturated carbocycles.